The van der Waals surface area contributed by atoms with E-state index in [0.29, 0.717) is 12.1 Å². The summed E-state index contributed by atoms with van der Waals surface area (Å²) in [7, 11) is 0. The van der Waals surface area contributed by atoms with Crippen LogP contribution < -0.4 is 5.32 Å². The minimum Gasteiger partial charge on any atom is -0.316 e. The number of carbonyl (C=O) groups excluding carboxylic acids is 1. The average Bonchev–Trinajstić information content (AvgIpc) is 2.84. The molecule has 1 aliphatic rings. The van der Waals surface area contributed by atoms with Gasteiger partial charge in [0.2, 0.25) is 0 Å². The maximum absolute atomic E-state index is 13.7. The Morgan fingerprint density at radius 3 is 2.84 bits per heavy atom. The van der Waals surface area contributed by atoms with Crippen LogP contribution in [-0.4, -0.2) is 18.9 Å². The molecule has 1 aliphatic heterocycles. The highest BCUT2D eigenvalue weighted by Crippen LogP contribution is 2.36. The lowest BCUT2D eigenvalue weighted by molar-refractivity contribution is 0.0801. The largest absolute Gasteiger partial charge is 0.316 e. The van der Waals surface area contributed by atoms with Gasteiger partial charge in [0.1, 0.15) is 5.82 Å². The van der Waals surface area contributed by atoms with Crippen molar-refractivity contribution in [2.75, 3.05) is 13.1 Å². The van der Waals surface area contributed by atoms with Crippen molar-refractivity contribution in [1.29, 1.82) is 0 Å². The molecule has 1 aromatic carbocycles. The van der Waals surface area contributed by atoms with Crippen LogP contribution in [0.25, 0.3) is 0 Å². The van der Waals surface area contributed by atoms with Crippen molar-refractivity contribution in [3.05, 3.63) is 33.0 Å². The summed E-state index contributed by atoms with van der Waals surface area (Å²) in [6.45, 7) is 3.55. The second kappa shape index (κ2) is 5.90. The third kappa shape index (κ3) is 2.86. The Morgan fingerprint density at radius 1 is 1.58 bits per heavy atom. The number of halogens is 3. The molecule has 0 radical (unpaired) electrons. The van der Waals surface area contributed by atoms with Gasteiger partial charge in [0.15, 0.2) is 5.78 Å². The lowest BCUT2D eigenvalue weighted by Gasteiger charge is -2.26. The van der Waals surface area contributed by atoms with Crippen molar-refractivity contribution >= 4 is 33.3 Å². The summed E-state index contributed by atoms with van der Waals surface area (Å²) in [6.07, 6.45) is 2.54. The number of Topliss-reactive ketones (excluding diaryl/α,β-unsaturated/α-hetero) is 1. The van der Waals surface area contributed by atoms with E-state index in [1.807, 2.05) is 0 Å². The van der Waals surface area contributed by atoms with Crippen molar-refractivity contribution in [2.24, 2.45) is 5.41 Å². The Balaban J connectivity index is 2.37. The first-order valence-electron chi connectivity index (χ1n) is 6.40. The molecule has 0 aliphatic carbocycles. The highest BCUT2D eigenvalue weighted by molar-refractivity contribution is 9.10. The van der Waals surface area contributed by atoms with Crippen LogP contribution in [0.5, 0.6) is 0 Å². The van der Waals surface area contributed by atoms with Crippen LogP contribution in [0, 0.1) is 11.2 Å². The van der Waals surface area contributed by atoms with Crippen LogP contribution >= 0.6 is 27.5 Å². The molecule has 1 unspecified atom stereocenters. The Hall–Kier alpha value is -0.450. The normalized spacial score (nSPS) is 22.7. The van der Waals surface area contributed by atoms with Gasteiger partial charge < -0.3 is 5.32 Å². The third-order valence-electron chi connectivity index (χ3n) is 3.70. The number of nitrogens with one attached hydrogen (secondary N) is 1. The van der Waals surface area contributed by atoms with E-state index in [-0.39, 0.29) is 15.3 Å². The fraction of sp³-hybridized carbons (Fsp3) is 0.500. The van der Waals surface area contributed by atoms with Gasteiger partial charge in [-0.2, -0.15) is 0 Å². The quantitative estimate of drug-likeness (QED) is 0.652. The molecule has 1 heterocycles. The van der Waals surface area contributed by atoms with Gasteiger partial charge >= 0.3 is 0 Å². The number of rotatable bonds is 4. The van der Waals surface area contributed by atoms with E-state index in [2.05, 4.69) is 28.2 Å². The second-order valence-corrected chi connectivity index (χ2v) is 6.24. The topological polar surface area (TPSA) is 29.1 Å². The Bertz CT molecular complexity index is 477. The van der Waals surface area contributed by atoms with Gasteiger partial charge in [0, 0.05) is 17.5 Å². The Labute approximate surface area is 125 Å². The second-order valence-electron chi connectivity index (χ2n) is 5.04. The van der Waals surface area contributed by atoms with E-state index >= 15 is 0 Å². The zero-order valence-electron chi connectivity index (χ0n) is 10.7. The van der Waals surface area contributed by atoms with Gasteiger partial charge in [-0.3, -0.25) is 4.79 Å². The van der Waals surface area contributed by atoms with Gasteiger partial charge in [0.05, 0.1) is 9.50 Å². The maximum Gasteiger partial charge on any atom is 0.170 e. The molecule has 0 amide bonds. The standard InChI is InChI=1S/C14H16BrClFNO/c1-2-3-14(4-5-18-8-14)13(19)9-6-10(16)12(15)11(17)7-9/h6-7,18H,2-5,8H2,1H3. The zero-order chi connectivity index (χ0) is 14.0. The minimum atomic E-state index is -0.492. The summed E-state index contributed by atoms with van der Waals surface area (Å²) < 4.78 is 13.9. The van der Waals surface area contributed by atoms with E-state index in [1.54, 1.807) is 6.07 Å². The maximum atomic E-state index is 13.7. The van der Waals surface area contributed by atoms with Gasteiger partial charge in [0.25, 0.3) is 0 Å². The highest BCUT2D eigenvalue weighted by atomic mass is 79.9. The van der Waals surface area contributed by atoms with Crippen LogP contribution in [0.15, 0.2) is 16.6 Å². The first-order valence-corrected chi connectivity index (χ1v) is 7.57. The summed E-state index contributed by atoms with van der Waals surface area (Å²) in [5, 5.41) is 3.47. The van der Waals surface area contributed by atoms with Crippen LogP contribution in [0.3, 0.4) is 0 Å². The smallest absolute Gasteiger partial charge is 0.170 e. The fourth-order valence-electron chi connectivity index (χ4n) is 2.74. The molecule has 19 heavy (non-hydrogen) atoms. The number of benzene rings is 1. The predicted octanol–water partition coefficient (Wildman–Crippen LogP) is 4.20. The predicted molar refractivity (Wildman–Crippen MR) is 78.3 cm³/mol. The molecule has 1 saturated heterocycles. The van der Waals surface area contributed by atoms with Crippen molar-refractivity contribution in [3.63, 3.8) is 0 Å². The van der Waals surface area contributed by atoms with Crippen molar-refractivity contribution in [2.45, 2.75) is 26.2 Å². The van der Waals surface area contributed by atoms with E-state index in [9.17, 15) is 9.18 Å². The highest BCUT2D eigenvalue weighted by Gasteiger charge is 2.40. The van der Waals surface area contributed by atoms with E-state index in [4.69, 9.17) is 11.6 Å². The molecule has 2 rings (SSSR count). The summed E-state index contributed by atoms with van der Waals surface area (Å²) in [5.74, 6) is -0.499. The molecule has 0 bridgehead atoms. The van der Waals surface area contributed by atoms with Crippen LogP contribution in [0.1, 0.15) is 36.5 Å². The van der Waals surface area contributed by atoms with Crippen molar-refractivity contribution in [3.8, 4) is 0 Å². The number of hydrogen-bond acceptors (Lipinski definition) is 2. The molecule has 104 valence electrons. The van der Waals surface area contributed by atoms with Crippen molar-refractivity contribution < 1.29 is 9.18 Å². The number of hydrogen-bond donors (Lipinski definition) is 1. The molecule has 0 aromatic heterocycles. The monoisotopic (exact) mass is 347 g/mol. The van der Waals surface area contributed by atoms with E-state index in [1.165, 1.54) is 6.07 Å². The lowest BCUT2D eigenvalue weighted by Crippen LogP contribution is -2.33. The van der Waals surface area contributed by atoms with Gasteiger partial charge in [-0.15, -0.1) is 0 Å². The molecule has 1 atom stereocenters. The van der Waals surface area contributed by atoms with Crippen molar-refractivity contribution in [1.82, 2.24) is 5.32 Å². The molecule has 1 fully saturated rings. The first-order chi connectivity index (χ1) is 9.00. The van der Waals surface area contributed by atoms with Gasteiger partial charge in [-0.05, 0) is 47.4 Å². The molecule has 0 spiro atoms. The fourth-order valence-corrected chi connectivity index (χ4v) is 3.17. The lowest BCUT2D eigenvalue weighted by atomic mass is 9.76. The van der Waals surface area contributed by atoms with E-state index < -0.39 is 11.2 Å². The third-order valence-corrected chi connectivity index (χ3v) is 5.03. The molecule has 2 nitrogen and oxygen atoms in total. The number of ketones is 1. The van der Waals surface area contributed by atoms with Gasteiger partial charge in [-0.25, -0.2) is 4.39 Å². The summed E-state index contributed by atoms with van der Waals surface area (Å²) in [4.78, 5) is 12.7. The molecule has 1 aromatic rings. The Kier molecular flexibility index (Phi) is 4.64. The number of carbonyl (C=O) groups is 1. The molecular formula is C14H16BrClFNO. The molecule has 1 N–H and O–H groups in total. The van der Waals surface area contributed by atoms with Crippen LogP contribution in [-0.2, 0) is 0 Å². The summed E-state index contributed by atoms with van der Waals surface area (Å²) >= 11 is 9.00. The van der Waals surface area contributed by atoms with E-state index in [0.717, 1.165) is 25.8 Å². The van der Waals surface area contributed by atoms with Crippen LogP contribution in [0.4, 0.5) is 4.39 Å². The SMILES string of the molecule is CCCC1(C(=O)c2cc(F)c(Br)c(Cl)c2)CCNC1. The summed E-state index contributed by atoms with van der Waals surface area (Å²) in [6, 6.07) is 2.82. The van der Waals surface area contributed by atoms with Crippen LogP contribution in [0.2, 0.25) is 5.02 Å². The zero-order valence-corrected chi connectivity index (χ0v) is 13.1. The average molecular weight is 349 g/mol. The Morgan fingerprint density at radius 2 is 2.32 bits per heavy atom. The first kappa shape index (κ1) is 14.9. The molecule has 5 heteroatoms. The summed E-state index contributed by atoms with van der Waals surface area (Å²) in [5.41, 5.74) is -0.0407. The molecular weight excluding hydrogens is 333 g/mol. The minimum absolute atomic E-state index is 0.00681. The van der Waals surface area contributed by atoms with Gasteiger partial charge in [-0.1, -0.05) is 24.9 Å². The molecule has 0 saturated carbocycles.